The monoisotopic (exact) mass is 360 g/mol. The lowest BCUT2D eigenvalue weighted by Gasteiger charge is -2.38. The molecule has 2 fully saturated rings. The molecule has 2 saturated heterocycles. The summed E-state index contributed by atoms with van der Waals surface area (Å²) in [6, 6.07) is 6.00. The minimum atomic E-state index is -0.581. The number of piperidine rings is 1. The molecule has 1 aromatic rings. The van der Waals surface area contributed by atoms with Gasteiger partial charge in [-0.2, -0.15) is 0 Å². The molecule has 0 radical (unpaired) electrons. The van der Waals surface area contributed by atoms with E-state index in [1.807, 2.05) is 25.2 Å². The molecule has 4 rings (SSSR count). The summed E-state index contributed by atoms with van der Waals surface area (Å²) in [4.78, 5) is 15.1. The lowest BCUT2D eigenvalue weighted by Crippen LogP contribution is -2.52. The van der Waals surface area contributed by atoms with E-state index in [4.69, 9.17) is 4.74 Å². The smallest absolute Gasteiger partial charge is 0.239 e. The predicted octanol–water partition coefficient (Wildman–Crippen LogP) is 1.04. The van der Waals surface area contributed by atoms with E-state index in [-0.39, 0.29) is 36.4 Å². The van der Waals surface area contributed by atoms with Crippen molar-refractivity contribution in [1.82, 2.24) is 5.32 Å². The predicted molar refractivity (Wildman–Crippen MR) is 98.4 cm³/mol. The number of hydrogen-bond acceptors (Lipinski definition) is 5. The molecule has 0 saturated carbocycles. The quantitative estimate of drug-likeness (QED) is 0.747. The van der Waals surface area contributed by atoms with Gasteiger partial charge in [-0.25, -0.2) is 0 Å². The van der Waals surface area contributed by atoms with Gasteiger partial charge in [-0.3, -0.25) is 4.79 Å². The third-order valence-corrected chi connectivity index (χ3v) is 6.80. The van der Waals surface area contributed by atoms with Gasteiger partial charge in [0, 0.05) is 37.7 Å². The molecule has 1 aromatic carbocycles. The Hall–Kier alpha value is -1.63. The van der Waals surface area contributed by atoms with Crippen molar-refractivity contribution >= 4 is 11.6 Å². The first kappa shape index (κ1) is 17.8. The molecule has 3 N–H and O–H groups in total. The average molecular weight is 360 g/mol. The van der Waals surface area contributed by atoms with Crippen molar-refractivity contribution in [2.24, 2.45) is 11.8 Å². The number of carbonyl (C=O) groups excluding carboxylic acids is 1. The number of hydrogen-bond donors (Lipinski definition) is 3. The maximum absolute atomic E-state index is 13.4. The van der Waals surface area contributed by atoms with Crippen LogP contribution in [0.2, 0.25) is 0 Å². The van der Waals surface area contributed by atoms with Gasteiger partial charge in [0.2, 0.25) is 5.91 Å². The highest BCUT2D eigenvalue weighted by Gasteiger charge is 2.63. The molecule has 0 aromatic heterocycles. The van der Waals surface area contributed by atoms with Crippen molar-refractivity contribution in [3.8, 4) is 5.75 Å². The summed E-state index contributed by atoms with van der Waals surface area (Å²) in [6.45, 7) is 1.88. The van der Waals surface area contributed by atoms with Gasteiger partial charge in [-0.05, 0) is 43.7 Å². The van der Waals surface area contributed by atoms with Crippen LogP contribution in [-0.2, 0) is 10.2 Å². The maximum Gasteiger partial charge on any atom is 0.239 e. The lowest BCUT2D eigenvalue weighted by atomic mass is 9.73. The number of aliphatic hydroxyl groups excluding tert-OH is 2. The molecule has 26 heavy (non-hydrogen) atoms. The van der Waals surface area contributed by atoms with E-state index in [0.29, 0.717) is 12.8 Å². The molecule has 6 nitrogen and oxygen atoms in total. The average Bonchev–Trinajstić information content (AvgIpc) is 3.03. The number of ether oxygens (including phenoxy) is 1. The fourth-order valence-electron chi connectivity index (χ4n) is 5.64. The van der Waals surface area contributed by atoms with Gasteiger partial charge in [0.25, 0.3) is 0 Å². The van der Waals surface area contributed by atoms with Crippen molar-refractivity contribution in [2.45, 2.75) is 49.8 Å². The van der Waals surface area contributed by atoms with E-state index in [1.54, 1.807) is 18.9 Å². The third kappa shape index (κ3) is 2.32. The second kappa shape index (κ2) is 6.22. The summed E-state index contributed by atoms with van der Waals surface area (Å²) in [5.74, 6) is 1.15. The number of anilines is 1. The first-order valence-electron chi connectivity index (χ1n) is 9.44. The van der Waals surface area contributed by atoms with E-state index >= 15 is 0 Å². The Labute approximate surface area is 154 Å². The second-order valence-electron chi connectivity index (χ2n) is 8.18. The van der Waals surface area contributed by atoms with Crippen LogP contribution in [0, 0.1) is 11.8 Å². The zero-order chi connectivity index (χ0) is 18.6. The second-order valence-corrected chi connectivity index (χ2v) is 8.18. The number of aliphatic hydroxyl groups is 2. The minimum Gasteiger partial charge on any atom is -0.497 e. The zero-order valence-corrected chi connectivity index (χ0v) is 15.6. The summed E-state index contributed by atoms with van der Waals surface area (Å²) in [7, 11) is 3.46. The SMILES string of the molecule is COc1ccc2c(c1)N(C)C(=O)[C@@]21C[C@@H]2N[C@H]1C[C@@H](C[C@H](C)O)[C@H]2CO. The Kier molecular flexibility index (Phi) is 4.25. The Morgan fingerprint density at radius 2 is 2.23 bits per heavy atom. The molecule has 1 spiro atoms. The van der Waals surface area contributed by atoms with Crippen molar-refractivity contribution < 1.29 is 19.7 Å². The van der Waals surface area contributed by atoms with Gasteiger partial charge < -0.3 is 25.2 Å². The van der Waals surface area contributed by atoms with Crippen LogP contribution in [0.1, 0.15) is 31.7 Å². The van der Waals surface area contributed by atoms with Gasteiger partial charge >= 0.3 is 0 Å². The van der Waals surface area contributed by atoms with Crippen molar-refractivity contribution in [1.29, 1.82) is 0 Å². The Morgan fingerprint density at radius 1 is 1.46 bits per heavy atom. The maximum atomic E-state index is 13.4. The topological polar surface area (TPSA) is 82.0 Å². The third-order valence-electron chi connectivity index (χ3n) is 6.80. The normalized spacial score (nSPS) is 36.5. The molecule has 3 aliphatic rings. The molecule has 1 amide bonds. The van der Waals surface area contributed by atoms with E-state index in [1.165, 1.54) is 0 Å². The Balaban J connectivity index is 1.76. The summed E-state index contributed by atoms with van der Waals surface area (Å²) in [6.07, 6.45) is 1.75. The fraction of sp³-hybridized carbons (Fsp3) is 0.650. The van der Waals surface area contributed by atoms with Crippen molar-refractivity contribution in [3.05, 3.63) is 23.8 Å². The van der Waals surface area contributed by atoms with Crippen LogP contribution in [0.25, 0.3) is 0 Å². The van der Waals surface area contributed by atoms with Gasteiger partial charge in [-0.15, -0.1) is 0 Å². The van der Waals surface area contributed by atoms with Gasteiger partial charge in [0.1, 0.15) is 5.75 Å². The molecule has 0 aliphatic carbocycles. The highest BCUT2D eigenvalue weighted by Crippen LogP contribution is 2.55. The number of rotatable bonds is 4. The first-order chi connectivity index (χ1) is 12.4. The number of methoxy groups -OCH3 is 1. The lowest BCUT2D eigenvalue weighted by molar-refractivity contribution is -0.123. The highest BCUT2D eigenvalue weighted by molar-refractivity contribution is 6.09. The number of likely N-dealkylation sites (N-methyl/N-ethyl adjacent to an activating group) is 1. The standard InChI is InChI=1S/C20H28N2O4/c1-11(24)6-12-7-18-20(9-16(21-18)14(12)10-23)15-5-4-13(26-3)8-17(15)22(2)19(20)25/h4-5,8,11-12,14,16,18,21,23-24H,6-7,9-10H2,1-3H3/t11-,12+,14+,16-,18-,20-/m0/s1. The molecule has 6 heteroatoms. The number of nitrogens with one attached hydrogen (secondary N) is 1. The van der Waals surface area contributed by atoms with Crippen molar-refractivity contribution in [2.75, 3.05) is 25.7 Å². The molecule has 0 unspecified atom stereocenters. The van der Waals surface area contributed by atoms with Crippen LogP contribution in [0.5, 0.6) is 5.75 Å². The summed E-state index contributed by atoms with van der Waals surface area (Å²) in [5, 5.41) is 23.5. The number of nitrogens with zero attached hydrogens (tertiary/aromatic N) is 1. The number of fused-ring (bicyclic) bond motifs is 5. The Bertz CT molecular complexity index is 722. The molecular weight excluding hydrogens is 332 g/mol. The van der Waals surface area contributed by atoms with E-state index < -0.39 is 11.5 Å². The number of carbonyl (C=O) groups is 1. The van der Waals surface area contributed by atoms with Crippen LogP contribution >= 0.6 is 0 Å². The van der Waals surface area contributed by atoms with Gasteiger partial charge in [-0.1, -0.05) is 6.07 Å². The van der Waals surface area contributed by atoms with E-state index in [2.05, 4.69) is 5.32 Å². The minimum absolute atomic E-state index is 0.0312. The number of amides is 1. The fourth-order valence-corrected chi connectivity index (χ4v) is 5.64. The van der Waals surface area contributed by atoms with Gasteiger partial charge in [0.15, 0.2) is 0 Å². The van der Waals surface area contributed by atoms with Crippen LogP contribution in [0.15, 0.2) is 18.2 Å². The van der Waals surface area contributed by atoms with Crippen LogP contribution in [-0.4, -0.2) is 55.1 Å². The molecule has 3 aliphatic heterocycles. The zero-order valence-electron chi connectivity index (χ0n) is 15.6. The van der Waals surface area contributed by atoms with Crippen LogP contribution in [0.4, 0.5) is 5.69 Å². The molecule has 3 heterocycles. The summed E-state index contributed by atoms with van der Waals surface area (Å²) in [5.41, 5.74) is 1.39. The molecule has 142 valence electrons. The Morgan fingerprint density at radius 3 is 2.88 bits per heavy atom. The summed E-state index contributed by atoms with van der Waals surface area (Å²) < 4.78 is 5.34. The first-order valence-corrected chi connectivity index (χ1v) is 9.44. The van der Waals surface area contributed by atoms with E-state index in [0.717, 1.165) is 23.4 Å². The largest absolute Gasteiger partial charge is 0.497 e. The molecule has 2 bridgehead atoms. The molecule has 6 atom stereocenters. The molecular formula is C20H28N2O4. The van der Waals surface area contributed by atoms with Crippen molar-refractivity contribution in [3.63, 3.8) is 0 Å². The summed E-state index contributed by atoms with van der Waals surface area (Å²) >= 11 is 0. The highest BCUT2D eigenvalue weighted by atomic mass is 16.5. The van der Waals surface area contributed by atoms with E-state index in [9.17, 15) is 15.0 Å². The van der Waals surface area contributed by atoms with Crippen LogP contribution < -0.4 is 15.0 Å². The van der Waals surface area contributed by atoms with Crippen LogP contribution in [0.3, 0.4) is 0 Å². The van der Waals surface area contributed by atoms with Gasteiger partial charge in [0.05, 0.1) is 24.3 Å². The number of benzene rings is 1.